The summed E-state index contributed by atoms with van der Waals surface area (Å²) in [6.45, 7) is 1.92. The van der Waals surface area contributed by atoms with Gasteiger partial charge >= 0.3 is 0 Å². The molecule has 2 rings (SSSR count). The maximum atomic E-state index is 6.29. The number of nitrogens with one attached hydrogen (secondary N) is 1. The minimum atomic E-state index is 0.377. The van der Waals surface area contributed by atoms with E-state index >= 15 is 0 Å². The van der Waals surface area contributed by atoms with Crippen molar-refractivity contribution in [3.05, 3.63) is 16.6 Å². The third-order valence-corrected chi connectivity index (χ3v) is 4.34. The molecule has 2 atom stereocenters. The Morgan fingerprint density at radius 3 is 3.07 bits per heavy atom. The molecular formula is C11H17ClN2S. The van der Waals surface area contributed by atoms with Gasteiger partial charge in [0.25, 0.3) is 0 Å². The zero-order chi connectivity index (χ0) is 10.5. The molecule has 1 N–H and O–H groups in total. The first-order valence-electron chi connectivity index (χ1n) is 5.59. The molecule has 0 spiro atoms. The van der Waals surface area contributed by atoms with Crippen molar-refractivity contribution >= 4 is 22.9 Å². The van der Waals surface area contributed by atoms with Gasteiger partial charge < -0.3 is 5.32 Å². The molecule has 0 amide bonds. The van der Waals surface area contributed by atoms with Gasteiger partial charge in [-0.3, -0.25) is 0 Å². The van der Waals surface area contributed by atoms with E-state index in [4.69, 9.17) is 11.6 Å². The molecule has 1 aromatic rings. The van der Waals surface area contributed by atoms with E-state index in [9.17, 15) is 0 Å². The molecule has 0 aliphatic heterocycles. The van der Waals surface area contributed by atoms with Gasteiger partial charge in [-0.15, -0.1) is 22.9 Å². The Balaban J connectivity index is 1.68. The second-order valence-electron chi connectivity index (χ2n) is 4.12. The largest absolute Gasteiger partial charge is 0.310 e. The molecule has 1 fully saturated rings. The van der Waals surface area contributed by atoms with E-state index in [1.54, 1.807) is 11.3 Å². The lowest BCUT2D eigenvalue weighted by Crippen LogP contribution is -2.30. The lowest BCUT2D eigenvalue weighted by atomic mass is 9.89. The summed E-state index contributed by atoms with van der Waals surface area (Å²) in [5.74, 6) is 0.653. The molecular weight excluding hydrogens is 228 g/mol. The summed E-state index contributed by atoms with van der Waals surface area (Å²) < 4.78 is 0. The SMILES string of the molecule is ClC1CCCCC1CNCc1nccs1. The Kier molecular flexibility index (Phi) is 4.42. The number of rotatable bonds is 4. The smallest absolute Gasteiger partial charge is 0.106 e. The summed E-state index contributed by atoms with van der Waals surface area (Å²) in [7, 11) is 0. The highest BCUT2D eigenvalue weighted by atomic mass is 35.5. The number of aromatic nitrogens is 1. The lowest BCUT2D eigenvalue weighted by Gasteiger charge is -2.27. The second-order valence-corrected chi connectivity index (χ2v) is 5.66. The minimum absolute atomic E-state index is 0.377. The second kappa shape index (κ2) is 5.83. The third-order valence-electron chi connectivity index (χ3n) is 2.98. The van der Waals surface area contributed by atoms with Crippen molar-refractivity contribution < 1.29 is 0 Å². The molecule has 0 bridgehead atoms. The summed E-state index contributed by atoms with van der Waals surface area (Å²) in [5, 5.41) is 7.01. The number of halogens is 1. The monoisotopic (exact) mass is 244 g/mol. The maximum absolute atomic E-state index is 6.29. The van der Waals surface area contributed by atoms with Crippen molar-refractivity contribution in [2.45, 2.75) is 37.6 Å². The highest BCUT2D eigenvalue weighted by Gasteiger charge is 2.22. The van der Waals surface area contributed by atoms with Gasteiger partial charge in [-0.05, 0) is 25.3 Å². The standard InChI is InChI=1S/C11H17ClN2S/c12-10-4-2-1-3-9(10)7-13-8-11-14-5-6-15-11/h5-6,9-10,13H,1-4,7-8H2. The molecule has 1 aliphatic rings. The zero-order valence-electron chi connectivity index (χ0n) is 8.79. The van der Waals surface area contributed by atoms with Crippen LogP contribution >= 0.6 is 22.9 Å². The number of hydrogen-bond acceptors (Lipinski definition) is 3. The van der Waals surface area contributed by atoms with Crippen LogP contribution in [0, 0.1) is 5.92 Å². The molecule has 1 heterocycles. The van der Waals surface area contributed by atoms with Crippen LogP contribution < -0.4 is 5.32 Å². The van der Waals surface area contributed by atoms with Gasteiger partial charge in [0.2, 0.25) is 0 Å². The van der Waals surface area contributed by atoms with Crippen LogP contribution in [0.25, 0.3) is 0 Å². The van der Waals surface area contributed by atoms with Gasteiger partial charge in [0.05, 0.1) is 0 Å². The van der Waals surface area contributed by atoms with Crippen molar-refractivity contribution in [1.82, 2.24) is 10.3 Å². The molecule has 1 aromatic heterocycles. The van der Waals surface area contributed by atoms with Gasteiger partial charge in [0.15, 0.2) is 0 Å². The van der Waals surface area contributed by atoms with Crippen molar-refractivity contribution in [3.8, 4) is 0 Å². The van der Waals surface area contributed by atoms with E-state index in [2.05, 4.69) is 10.3 Å². The molecule has 1 aliphatic carbocycles. The Labute approximate surface area is 100 Å². The third kappa shape index (κ3) is 3.44. The van der Waals surface area contributed by atoms with Crippen LogP contribution in [-0.2, 0) is 6.54 Å². The Morgan fingerprint density at radius 2 is 2.33 bits per heavy atom. The number of thiazole rings is 1. The summed E-state index contributed by atoms with van der Waals surface area (Å²) in [4.78, 5) is 4.24. The fraction of sp³-hybridized carbons (Fsp3) is 0.727. The highest BCUT2D eigenvalue weighted by molar-refractivity contribution is 7.09. The summed E-state index contributed by atoms with van der Waals surface area (Å²) in [5.41, 5.74) is 0. The van der Waals surface area contributed by atoms with Crippen molar-refractivity contribution in [2.75, 3.05) is 6.54 Å². The van der Waals surface area contributed by atoms with Crippen LogP contribution in [0.2, 0.25) is 0 Å². The lowest BCUT2D eigenvalue weighted by molar-refractivity contribution is 0.348. The Bertz CT molecular complexity index is 276. The van der Waals surface area contributed by atoms with Crippen LogP contribution in [0.4, 0.5) is 0 Å². The molecule has 2 nitrogen and oxygen atoms in total. The molecule has 0 saturated heterocycles. The first-order valence-corrected chi connectivity index (χ1v) is 6.91. The number of alkyl halides is 1. The van der Waals surface area contributed by atoms with Crippen LogP contribution in [0.3, 0.4) is 0 Å². The van der Waals surface area contributed by atoms with Gasteiger partial charge in [0, 0.05) is 23.5 Å². The van der Waals surface area contributed by atoms with E-state index in [1.807, 2.05) is 11.6 Å². The minimum Gasteiger partial charge on any atom is -0.310 e. The van der Waals surface area contributed by atoms with E-state index in [0.717, 1.165) is 18.1 Å². The predicted molar refractivity (Wildman–Crippen MR) is 65.4 cm³/mol. The average Bonchev–Trinajstić information content (AvgIpc) is 2.74. The molecule has 2 unspecified atom stereocenters. The van der Waals surface area contributed by atoms with E-state index in [0.29, 0.717) is 11.3 Å². The maximum Gasteiger partial charge on any atom is 0.106 e. The van der Waals surface area contributed by atoms with Gasteiger partial charge in [-0.2, -0.15) is 0 Å². The first-order chi connectivity index (χ1) is 7.36. The van der Waals surface area contributed by atoms with E-state index < -0.39 is 0 Å². The molecule has 0 radical (unpaired) electrons. The van der Waals surface area contributed by atoms with Crippen molar-refractivity contribution in [3.63, 3.8) is 0 Å². The van der Waals surface area contributed by atoms with Crippen LogP contribution in [0.5, 0.6) is 0 Å². The van der Waals surface area contributed by atoms with Gasteiger partial charge in [-0.25, -0.2) is 4.98 Å². The van der Waals surface area contributed by atoms with Gasteiger partial charge in [-0.1, -0.05) is 12.8 Å². The highest BCUT2D eigenvalue weighted by Crippen LogP contribution is 2.28. The molecule has 1 saturated carbocycles. The van der Waals surface area contributed by atoms with Crippen molar-refractivity contribution in [1.29, 1.82) is 0 Å². The predicted octanol–water partition coefficient (Wildman–Crippen LogP) is 3.03. The molecule has 0 aromatic carbocycles. The summed E-state index contributed by atoms with van der Waals surface area (Å²) in [6, 6.07) is 0. The molecule has 4 heteroatoms. The first kappa shape index (κ1) is 11.4. The van der Waals surface area contributed by atoms with Crippen LogP contribution in [0.15, 0.2) is 11.6 Å². The summed E-state index contributed by atoms with van der Waals surface area (Å²) >= 11 is 7.99. The Morgan fingerprint density at radius 1 is 1.47 bits per heavy atom. The van der Waals surface area contributed by atoms with Crippen LogP contribution in [0.1, 0.15) is 30.7 Å². The van der Waals surface area contributed by atoms with Crippen molar-refractivity contribution in [2.24, 2.45) is 5.92 Å². The average molecular weight is 245 g/mol. The normalized spacial score (nSPS) is 26.7. The van der Waals surface area contributed by atoms with E-state index in [-0.39, 0.29) is 0 Å². The molecule has 15 heavy (non-hydrogen) atoms. The fourth-order valence-corrected chi connectivity index (χ4v) is 3.05. The zero-order valence-corrected chi connectivity index (χ0v) is 10.4. The Hall–Kier alpha value is -0.120. The topological polar surface area (TPSA) is 24.9 Å². The fourth-order valence-electron chi connectivity index (χ4n) is 2.10. The summed E-state index contributed by atoms with van der Waals surface area (Å²) in [6.07, 6.45) is 6.96. The number of nitrogens with zero attached hydrogens (tertiary/aromatic N) is 1. The van der Waals surface area contributed by atoms with Crippen LogP contribution in [-0.4, -0.2) is 16.9 Å². The number of hydrogen-bond donors (Lipinski definition) is 1. The van der Waals surface area contributed by atoms with Gasteiger partial charge in [0.1, 0.15) is 5.01 Å². The molecule has 84 valence electrons. The quantitative estimate of drug-likeness (QED) is 0.824. The van der Waals surface area contributed by atoms with E-state index in [1.165, 1.54) is 25.7 Å².